The number of ether oxygens (including phenoxy) is 1. The van der Waals surface area contributed by atoms with E-state index in [9.17, 15) is 0 Å². The summed E-state index contributed by atoms with van der Waals surface area (Å²) in [6.45, 7) is 9.71. The van der Waals surface area contributed by atoms with Crippen LogP contribution in [0.3, 0.4) is 0 Å². The maximum absolute atomic E-state index is 5.95. The third kappa shape index (κ3) is 1.50. The molecule has 2 rings (SSSR count). The fraction of sp³-hybridized carbons (Fsp3) is 1.00. The number of hydrogen-bond acceptors (Lipinski definition) is 2. The minimum absolute atomic E-state index is 0.0649. The lowest BCUT2D eigenvalue weighted by atomic mass is 10.1. The molecule has 2 saturated carbocycles. The molecule has 0 aliphatic heterocycles. The van der Waals surface area contributed by atoms with E-state index in [1.807, 2.05) is 0 Å². The highest BCUT2D eigenvalue weighted by Gasteiger charge is 2.60. The van der Waals surface area contributed by atoms with Gasteiger partial charge in [0.15, 0.2) is 0 Å². The van der Waals surface area contributed by atoms with Gasteiger partial charge in [0.1, 0.15) is 0 Å². The topological polar surface area (TPSA) is 35.2 Å². The highest BCUT2D eigenvalue weighted by atomic mass is 16.5. The first kappa shape index (κ1) is 9.47. The second-order valence-electron chi connectivity index (χ2n) is 6.01. The maximum atomic E-state index is 5.95. The fourth-order valence-corrected chi connectivity index (χ4v) is 2.05. The van der Waals surface area contributed by atoms with Gasteiger partial charge in [-0.1, -0.05) is 13.8 Å². The Morgan fingerprint density at radius 3 is 2.08 bits per heavy atom. The monoisotopic (exact) mass is 183 g/mol. The second kappa shape index (κ2) is 2.29. The zero-order valence-electron chi connectivity index (χ0n) is 9.18. The molecule has 2 fully saturated rings. The van der Waals surface area contributed by atoms with E-state index in [1.54, 1.807) is 0 Å². The molecule has 0 radical (unpaired) electrons. The van der Waals surface area contributed by atoms with Gasteiger partial charge in [-0.2, -0.15) is 0 Å². The highest BCUT2D eigenvalue weighted by molar-refractivity contribution is 5.11. The van der Waals surface area contributed by atoms with E-state index < -0.39 is 0 Å². The SMILES string of the molecule is CC1(N)CC1COC1(C)CC1(C)C. The van der Waals surface area contributed by atoms with Crippen LogP contribution in [0.2, 0.25) is 0 Å². The molecule has 0 bridgehead atoms. The van der Waals surface area contributed by atoms with Crippen molar-refractivity contribution in [1.82, 2.24) is 0 Å². The molecular weight excluding hydrogens is 162 g/mol. The highest BCUT2D eigenvalue weighted by Crippen LogP contribution is 2.58. The average molecular weight is 183 g/mol. The van der Waals surface area contributed by atoms with Crippen LogP contribution >= 0.6 is 0 Å². The molecule has 2 aliphatic carbocycles. The normalized spacial score (nSPS) is 51.9. The van der Waals surface area contributed by atoms with E-state index in [-0.39, 0.29) is 11.1 Å². The van der Waals surface area contributed by atoms with Crippen LogP contribution in [0, 0.1) is 11.3 Å². The smallest absolute Gasteiger partial charge is 0.0712 e. The molecule has 13 heavy (non-hydrogen) atoms. The lowest BCUT2D eigenvalue weighted by Crippen LogP contribution is -2.24. The summed E-state index contributed by atoms with van der Waals surface area (Å²) in [6.07, 6.45) is 2.32. The number of hydrogen-bond donors (Lipinski definition) is 1. The Kier molecular flexibility index (Phi) is 1.67. The van der Waals surface area contributed by atoms with Crippen LogP contribution < -0.4 is 5.73 Å². The van der Waals surface area contributed by atoms with E-state index in [0.717, 1.165) is 13.0 Å². The average Bonchev–Trinajstić information content (AvgIpc) is 2.68. The van der Waals surface area contributed by atoms with Crippen molar-refractivity contribution >= 4 is 0 Å². The zero-order valence-corrected chi connectivity index (χ0v) is 9.18. The number of nitrogens with two attached hydrogens (primary N) is 1. The first-order chi connectivity index (χ1) is 5.77. The molecule has 76 valence electrons. The number of rotatable bonds is 3. The maximum Gasteiger partial charge on any atom is 0.0712 e. The van der Waals surface area contributed by atoms with Crippen molar-refractivity contribution < 1.29 is 4.74 Å². The van der Waals surface area contributed by atoms with E-state index in [1.165, 1.54) is 6.42 Å². The predicted octanol–water partition coefficient (Wildman–Crippen LogP) is 1.93. The molecule has 3 atom stereocenters. The van der Waals surface area contributed by atoms with Gasteiger partial charge in [0, 0.05) is 11.5 Å². The van der Waals surface area contributed by atoms with Crippen LogP contribution in [-0.4, -0.2) is 17.7 Å². The summed E-state index contributed by atoms with van der Waals surface area (Å²) in [5, 5.41) is 0. The molecule has 2 heteroatoms. The molecule has 0 amide bonds. The molecule has 3 unspecified atom stereocenters. The molecule has 2 N–H and O–H groups in total. The van der Waals surface area contributed by atoms with Crippen molar-refractivity contribution in [2.45, 2.75) is 51.7 Å². The van der Waals surface area contributed by atoms with Gasteiger partial charge in [-0.05, 0) is 32.1 Å². The Balaban J connectivity index is 1.77. The van der Waals surface area contributed by atoms with Crippen LogP contribution in [0.5, 0.6) is 0 Å². The molecule has 2 aliphatic rings. The van der Waals surface area contributed by atoms with Gasteiger partial charge in [0.2, 0.25) is 0 Å². The van der Waals surface area contributed by atoms with Crippen LogP contribution in [0.1, 0.15) is 40.5 Å². The molecule has 0 aromatic carbocycles. The first-order valence-electron chi connectivity index (χ1n) is 5.20. The lowest BCUT2D eigenvalue weighted by Gasteiger charge is -2.16. The molecular formula is C11H21NO. The van der Waals surface area contributed by atoms with Crippen molar-refractivity contribution in [3.8, 4) is 0 Å². The van der Waals surface area contributed by atoms with E-state index >= 15 is 0 Å². The quantitative estimate of drug-likeness (QED) is 0.725. The lowest BCUT2D eigenvalue weighted by molar-refractivity contribution is 0.0115. The molecule has 0 aromatic heterocycles. The van der Waals surface area contributed by atoms with E-state index in [4.69, 9.17) is 10.5 Å². The second-order valence-corrected chi connectivity index (χ2v) is 6.01. The standard InChI is InChI=1S/C11H21NO/c1-9(2)7-11(9,4)13-6-8-5-10(8,3)12/h8H,5-7,12H2,1-4H3. The van der Waals surface area contributed by atoms with Crippen molar-refractivity contribution in [3.05, 3.63) is 0 Å². The largest absolute Gasteiger partial charge is 0.374 e. The van der Waals surface area contributed by atoms with Gasteiger partial charge in [0.25, 0.3) is 0 Å². The van der Waals surface area contributed by atoms with Gasteiger partial charge in [-0.15, -0.1) is 0 Å². The van der Waals surface area contributed by atoms with Gasteiger partial charge >= 0.3 is 0 Å². The first-order valence-corrected chi connectivity index (χ1v) is 5.20. The summed E-state index contributed by atoms with van der Waals surface area (Å²) >= 11 is 0. The van der Waals surface area contributed by atoms with Crippen LogP contribution in [0.25, 0.3) is 0 Å². The summed E-state index contributed by atoms with van der Waals surface area (Å²) in [5.41, 5.74) is 6.52. The van der Waals surface area contributed by atoms with E-state index in [2.05, 4.69) is 27.7 Å². The minimum atomic E-state index is 0.0649. The summed E-state index contributed by atoms with van der Waals surface area (Å²) < 4.78 is 5.94. The summed E-state index contributed by atoms with van der Waals surface area (Å²) in [7, 11) is 0. The molecule has 2 nitrogen and oxygen atoms in total. The molecule has 0 saturated heterocycles. The Morgan fingerprint density at radius 2 is 1.77 bits per heavy atom. The Hall–Kier alpha value is -0.0800. The summed E-state index contributed by atoms with van der Waals surface area (Å²) in [4.78, 5) is 0. The Morgan fingerprint density at radius 1 is 1.31 bits per heavy atom. The van der Waals surface area contributed by atoms with Gasteiger partial charge in [-0.25, -0.2) is 0 Å². The van der Waals surface area contributed by atoms with Crippen molar-refractivity contribution in [3.63, 3.8) is 0 Å². The minimum Gasteiger partial charge on any atom is -0.374 e. The third-order valence-electron chi connectivity index (χ3n) is 4.15. The molecule has 0 spiro atoms. The summed E-state index contributed by atoms with van der Waals surface area (Å²) in [5.74, 6) is 0.598. The van der Waals surface area contributed by atoms with Crippen molar-refractivity contribution in [2.24, 2.45) is 17.1 Å². The fourth-order valence-electron chi connectivity index (χ4n) is 2.05. The zero-order chi connectivity index (χ0) is 9.91. The van der Waals surface area contributed by atoms with E-state index in [0.29, 0.717) is 11.3 Å². The van der Waals surface area contributed by atoms with Crippen LogP contribution in [0.4, 0.5) is 0 Å². The third-order valence-corrected chi connectivity index (χ3v) is 4.15. The summed E-state index contributed by atoms with van der Waals surface area (Å²) in [6, 6.07) is 0. The van der Waals surface area contributed by atoms with Gasteiger partial charge in [-0.3, -0.25) is 0 Å². The van der Waals surface area contributed by atoms with Crippen molar-refractivity contribution in [2.75, 3.05) is 6.61 Å². The van der Waals surface area contributed by atoms with Crippen molar-refractivity contribution in [1.29, 1.82) is 0 Å². The molecule has 0 aromatic rings. The van der Waals surface area contributed by atoms with Crippen LogP contribution in [0.15, 0.2) is 0 Å². The molecule has 0 heterocycles. The van der Waals surface area contributed by atoms with Crippen LogP contribution in [-0.2, 0) is 4.74 Å². The van der Waals surface area contributed by atoms with Gasteiger partial charge in [0.05, 0.1) is 12.2 Å². The predicted molar refractivity (Wildman–Crippen MR) is 53.5 cm³/mol. The Labute approximate surface area is 80.8 Å². The van der Waals surface area contributed by atoms with Gasteiger partial charge < -0.3 is 10.5 Å². The Bertz CT molecular complexity index is 234.